The van der Waals surface area contributed by atoms with Crippen molar-refractivity contribution in [1.82, 2.24) is 29.4 Å². The molecule has 0 bridgehead atoms. The van der Waals surface area contributed by atoms with Crippen LogP contribution >= 0.6 is 11.3 Å². The van der Waals surface area contributed by atoms with Gasteiger partial charge in [0.15, 0.2) is 16.4 Å². The second-order valence-electron chi connectivity index (χ2n) is 7.70. The lowest BCUT2D eigenvalue weighted by atomic mass is 9.98. The Bertz CT molecular complexity index is 1270. The van der Waals surface area contributed by atoms with Crippen LogP contribution in [-0.2, 0) is 31.3 Å². The zero-order valence-corrected chi connectivity index (χ0v) is 19.9. The van der Waals surface area contributed by atoms with Gasteiger partial charge in [-0.15, -0.1) is 11.3 Å². The maximum Gasteiger partial charge on any atom is 0.362 e. The molecule has 15 nitrogen and oxygen atoms in total. The lowest BCUT2D eigenvalue weighted by molar-refractivity contribution is -0.145. The number of oxime groups is 1. The Morgan fingerprint density at radius 1 is 1.47 bits per heavy atom. The molecule has 2 amide bonds. The van der Waals surface area contributed by atoms with E-state index in [0.717, 1.165) is 11.3 Å². The molecule has 5 N–H and O–H groups in total. The third kappa shape index (κ3) is 5.15. The number of nitrogen functional groups attached to an aromatic ring is 1. The number of anilines is 1. The summed E-state index contributed by atoms with van der Waals surface area (Å²) >= 11 is 1.01. The molecule has 0 saturated carbocycles. The van der Waals surface area contributed by atoms with E-state index in [1.54, 1.807) is 6.92 Å². The van der Waals surface area contributed by atoms with Gasteiger partial charge in [-0.3, -0.25) is 18.8 Å². The van der Waals surface area contributed by atoms with E-state index in [-0.39, 0.29) is 27.4 Å². The van der Waals surface area contributed by atoms with Crippen LogP contribution in [0.4, 0.5) is 5.13 Å². The molecule has 1 aliphatic rings. The smallest absolute Gasteiger partial charge is 0.362 e. The number of thiazole rings is 1. The molecule has 3 rings (SSSR count). The summed E-state index contributed by atoms with van der Waals surface area (Å²) in [7, 11) is -4.90. The maximum atomic E-state index is 13.0. The number of rotatable bonds is 9. The molecular weight excluding hydrogens is 492 g/mol. The van der Waals surface area contributed by atoms with Crippen LogP contribution in [0.1, 0.15) is 25.4 Å². The number of nitrogens with two attached hydrogens (primary N) is 1. The molecule has 1 fully saturated rings. The van der Waals surface area contributed by atoms with Crippen LogP contribution in [0.25, 0.3) is 0 Å². The van der Waals surface area contributed by atoms with Gasteiger partial charge in [0.05, 0.1) is 12.6 Å². The standard InChI is InChI=1S/C17H22N8O7S2/c1-8(26)17(3,4)32-23-12(10-6-33-16(18)20-10)14(27)21-13-11(5-24-7-19-9(2)22-24)25(15(13)28)34(29,30)31/h6-7,11,13,26H,1,5H2,2-4H3,(H2,18,20)(H,21,27)(H,29,30,31)/b23-12-/t11-,13+/m1/s1. The number of aliphatic hydroxyl groups excluding tert-OH is 1. The summed E-state index contributed by atoms with van der Waals surface area (Å²) < 4.78 is 34.4. The predicted octanol–water partition coefficient (Wildman–Crippen LogP) is -0.605. The quantitative estimate of drug-likeness (QED) is 0.109. The van der Waals surface area contributed by atoms with Crippen LogP contribution in [-0.4, -0.2) is 77.3 Å². The Balaban J connectivity index is 1.89. The van der Waals surface area contributed by atoms with Crippen molar-refractivity contribution < 1.29 is 32.5 Å². The first kappa shape index (κ1) is 25.1. The van der Waals surface area contributed by atoms with Crippen LogP contribution in [0.15, 0.2) is 29.2 Å². The van der Waals surface area contributed by atoms with Crippen molar-refractivity contribution in [2.24, 2.45) is 5.16 Å². The highest BCUT2D eigenvalue weighted by Crippen LogP contribution is 2.25. The summed E-state index contributed by atoms with van der Waals surface area (Å²) in [6.45, 7) is 7.67. The average molecular weight is 515 g/mol. The fraction of sp³-hybridized carbons (Fsp3) is 0.412. The van der Waals surface area contributed by atoms with Gasteiger partial charge in [0.2, 0.25) is 0 Å². The summed E-state index contributed by atoms with van der Waals surface area (Å²) in [6, 6.07) is -2.56. The predicted molar refractivity (Wildman–Crippen MR) is 119 cm³/mol. The van der Waals surface area contributed by atoms with Crippen molar-refractivity contribution in [2.75, 3.05) is 5.73 Å². The molecule has 2 aromatic rings. The molecule has 2 aromatic heterocycles. The number of hydrogen-bond donors (Lipinski definition) is 4. The second kappa shape index (κ2) is 8.99. The van der Waals surface area contributed by atoms with Crippen LogP contribution < -0.4 is 11.1 Å². The topological polar surface area (TPSA) is 215 Å². The zero-order valence-electron chi connectivity index (χ0n) is 18.2. The van der Waals surface area contributed by atoms with Gasteiger partial charge in [-0.05, 0) is 20.8 Å². The summed E-state index contributed by atoms with van der Waals surface area (Å²) in [6.07, 6.45) is 1.31. The monoisotopic (exact) mass is 514 g/mol. The first-order valence-electron chi connectivity index (χ1n) is 9.54. The van der Waals surface area contributed by atoms with E-state index in [9.17, 15) is 27.7 Å². The van der Waals surface area contributed by atoms with Crippen molar-refractivity contribution in [3.05, 3.63) is 35.6 Å². The number of nitrogens with one attached hydrogen (secondary N) is 1. The van der Waals surface area contributed by atoms with Crippen molar-refractivity contribution in [1.29, 1.82) is 0 Å². The number of hydrogen-bond acceptors (Lipinski definition) is 12. The number of aryl methyl sites for hydroxylation is 1. The van der Waals surface area contributed by atoms with Crippen LogP contribution in [0.3, 0.4) is 0 Å². The van der Waals surface area contributed by atoms with Crippen molar-refractivity contribution >= 4 is 44.3 Å². The zero-order chi connectivity index (χ0) is 25.4. The van der Waals surface area contributed by atoms with Crippen LogP contribution in [0, 0.1) is 6.92 Å². The van der Waals surface area contributed by atoms with Gasteiger partial charge < -0.3 is 21.0 Å². The first-order valence-corrected chi connectivity index (χ1v) is 11.8. The van der Waals surface area contributed by atoms with Gasteiger partial charge in [0.25, 0.3) is 11.8 Å². The second-order valence-corrected chi connectivity index (χ2v) is 9.88. The summed E-state index contributed by atoms with van der Waals surface area (Å²) in [4.78, 5) is 38.7. The molecule has 3 heterocycles. The molecule has 1 aliphatic heterocycles. The highest BCUT2D eigenvalue weighted by molar-refractivity contribution is 7.84. The van der Waals surface area contributed by atoms with Crippen molar-refractivity contribution in [3.8, 4) is 0 Å². The molecule has 0 radical (unpaired) electrons. The van der Waals surface area contributed by atoms with E-state index in [1.807, 2.05) is 0 Å². The van der Waals surface area contributed by atoms with E-state index in [2.05, 4.69) is 32.1 Å². The molecule has 0 aliphatic carbocycles. The SMILES string of the molecule is C=C(O)C(C)(C)O/N=C(\C(=O)N[C@@H]1C(=O)N(S(=O)(=O)O)[C@@H]1Cn1cnc(C)n1)c1csc(N)n1. The van der Waals surface area contributed by atoms with E-state index >= 15 is 0 Å². The number of nitrogens with zero attached hydrogens (tertiary/aromatic N) is 6. The summed E-state index contributed by atoms with van der Waals surface area (Å²) in [5.41, 5.74) is 3.89. The van der Waals surface area contributed by atoms with Gasteiger partial charge in [-0.25, -0.2) is 14.3 Å². The molecule has 34 heavy (non-hydrogen) atoms. The highest BCUT2D eigenvalue weighted by Gasteiger charge is 2.54. The van der Waals surface area contributed by atoms with E-state index in [4.69, 9.17) is 10.6 Å². The number of carbonyl (C=O) groups excluding carboxylic acids is 2. The minimum Gasteiger partial charge on any atom is -0.509 e. The van der Waals surface area contributed by atoms with Crippen molar-refractivity contribution in [3.63, 3.8) is 0 Å². The molecule has 0 spiro atoms. The summed E-state index contributed by atoms with van der Waals surface area (Å²) in [5, 5.41) is 21.4. The maximum absolute atomic E-state index is 13.0. The lowest BCUT2D eigenvalue weighted by Gasteiger charge is -2.43. The van der Waals surface area contributed by atoms with Gasteiger partial charge in [0, 0.05) is 5.38 Å². The van der Waals surface area contributed by atoms with E-state index in [0.29, 0.717) is 5.82 Å². The molecule has 2 atom stereocenters. The number of aliphatic hydroxyl groups is 1. The molecule has 1 saturated heterocycles. The Morgan fingerprint density at radius 2 is 2.15 bits per heavy atom. The Hall–Kier alpha value is -3.57. The van der Waals surface area contributed by atoms with Gasteiger partial charge in [0.1, 0.15) is 29.6 Å². The normalized spacial score (nSPS) is 19.0. The van der Waals surface area contributed by atoms with Gasteiger partial charge in [-0.1, -0.05) is 11.7 Å². The Labute approximate surface area is 197 Å². The van der Waals surface area contributed by atoms with E-state index in [1.165, 1.54) is 30.2 Å². The third-order valence-electron chi connectivity index (χ3n) is 4.77. The molecule has 17 heteroatoms. The van der Waals surface area contributed by atoms with Crippen LogP contribution in [0.5, 0.6) is 0 Å². The third-order valence-corrected chi connectivity index (χ3v) is 6.39. The number of carbonyl (C=O) groups is 2. The molecule has 0 unspecified atom stereocenters. The minimum atomic E-state index is -4.90. The number of aromatic nitrogens is 4. The molecular formula is C17H22N8O7S2. The lowest BCUT2D eigenvalue weighted by Crippen LogP contribution is -2.73. The average Bonchev–Trinajstić information content (AvgIpc) is 3.32. The highest BCUT2D eigenvalue weighted by atomic mass is 32.2. The van der Waals surface area contributed by atoms with Gasteiger partial charge >= 0.3 is 10.3 Å². The minimum absolute atomic E-state index is 0.0150. The fourth-order valence-electron chi connectivity index (χ4n) is 2.83. The van der Waals surface area contributed by atoms with Crippen LogP contribution in [0.2, 0.25) is 0 Å². The Morgan fingerprint density at radius 3 is 2.65 bits per heavy atom. The number of amides is 2. The largest absolute Gasteiger partial charge is 0.509 e. The molecule has 184 valence electrons. The Kier molecular flexibility index (Phi) is 6.63. The molecule has 0 aromatic carbocycles. The fourth-order valence-corrected chi connectivity index (χ4v) is 4.25. The number of β-lactam (4-membered cyclic amide) rings is 1. The van der Waals surface area contributed by atoms with Gasteiger partial charge in [-0.2, -0.15) is 13.5 Å². The van der Waals surface area contributed by atoms with E-state index < -0.39 is 45.5 Å². The summed E-state index contributed by atoms with van der Waals surface area (Å²) in [5.74, 6) is -1.99. The van der Waals surface area contributed by atoms with Crippen molar-refractivity contribution in [2.45, 2.75) is 45.0 Å². The first-order chi connectivity index (χ1) is 15.7.